The van der Waals surface area contributed by atoms with Crippen LogP contribution in [0, 0.1) is 13.8 Å². The number of nitrogens with zero attached hydrogens (tertiary/aromatic N) is 3. The molecule has 1 aromatic carbocycles. The van der Waals surface area contributed by atoms with Crippen LogP contribution in [0.2, 0.25) is 5.02 Å². The molecule has 0 saturated heterocycles. The largest absolute Gasteiger partial charge is 0.316 e. The highest BCUT2D eigenvalue weighted by atomic mass is 35.5. The summed E-state index contributed by atoms with van der Waals surface area (Å²) in [5.41, 5.74) is 6.62. The molecule has 0 unspecified atom stereocenters. The Labute approximate surface area is 167 Å². The minimum Gasteiger partial charge on any atom is -0.316 e. The fourth-order valence-electron chi connectivity index (χ4n) is 2.69. The molecule has 3 rings (SSSR count). The second-order valence-corrected chi connectivity index (χ2v) is 7.39. The summed E-state index contributed by atoms with van der Waals surface area (Å²) in [5, 5.41) is 4.77. The number of hydrazone groups is 1. The number of aryl methyl sites for hydroxylation is 1. The number of thioether (sulfide) groups is 1. The van der Waals surface area contributed by atoms with E-state index in [1.807, 2.05) is 50.4 Å². The SMILES string of the molecule is Cc1cc(/C=N\NC(=O)CSc2ccc(Cl)cc2)c(C)n1-c1cccnc1. The van der Waals surface area contributed by atoms with E-state index in [0.29, 0.717) is 5.02 Å². The van der Waals surface area contributed by atoms with E-state index in [1.165, 1.54) is 11.8 Å². The van der Waals surface area contributed by atoms with Crippen LogP contribution in [0.5, 0.6) is 0 Å². The van der Waals surface area contributed by atoms with Crippen LogP contribution in [0.3, 0.4) is 0 Å². The zero-order valence-corrected chi connectivity index (χ0v) is 16.6. The normalized spacial score (nSPS) is 11.1. The second kappa shape index (κ2) is 8.88. The van der Waals surface area contributed by atoms with Gasteiger partial charge >= 0.3 is 0 Å². The Morgan fingerprint density at radius 2 is 2.07 bits per heavy atom. The molecule has 0 bridgehead atoms. The number of halogens is 1. The highest BCUT2D eigenvalue weighted by Crippen LogP contribution is 2.20. The van der Waals surface area contributed by atoms with Crippen LogP contribution < -0.4 is 5.43 Å². The summed E-state index contributed by atoms with van der Waals surface area (Å²) in [4.78, 5) is 17.1. The van der Waals surface area contributed by atoms with Gasteiger partial charge in [-0.15, -0.1) is 11.8 Å². The summed E-state index contributed by atoms with van der Waals surface area (Å²) in [6.45, 7) is 4.04. The standard InChI is InChI=1S/C20H19ClN4OS/c1-14-10-16(15(2)25(14)18-4-3-9-22-12-18)11-23-24-20(26)13-27-19-7-5-17(21)6-8-19/h3-12H,13H2,1-2H3,(H,24,26)/b23-11-. The number of rotatable bonds is 6. The first-order valence-electron chi connectivity index (χ1n) is 8.34. The molecule has 0 atom stereocenters. The van der Waals surface area contributed by atoms with Gasteiger partial charge in [0.1, 0.15) is 0 Å². The van der Waals surface area contributed by atoms with Gasteiger partial charge in [-0.2, -0.15) is 5.10 Å². The maximum absolute atomic E-state index is 12.0. The number of carbonyl (C=O) groups excluding carboxylic acids is 1. The van der Waals surface area contributed by atoms with Crippen molar-refractivity contribution in [1.82, 2.24) is 15.0 Å². The molecule has 0 aliphatic heterocycles. The van der Waals surface area contributed by atoms with Crippen LogP contribution >= 0.6 is 23.4 Å². The highest BCUT2D eigenvalue weighted by Gasteiger charge is 2.09. The molecule has 1 N–H and O–H groups in total. The van der Waals surface area contributed by atoms with Gasteiger partial charge in [0.15, 0.2) is 0 Å². The van der Waals surface area contributed by atoms with Crippen molar-refractivity contribution >= 4 is 35.5 Å². The number of aromatic nitrogens is 2. The number of hydrogen-bond donors (Lipinski definition) is 1. The van der Waals surface area contributed by atoms with Crippen molar-refractivity contribution in [2.75, 3.05) is 5.75 Å². The average Bonchev–Trinajstić information content (AvgIpc) is 2.95. The number of nitrogens with one attached hydrogen (secondary N) is 1. The van der Waals surface area contributed by atoms with E-state index in [9.17, 15) is 4.79 Å². The van der Waals surface area contributed by atoms with Crippen molar-refractivity contribution in [1.29, 1.82) is 0 Å². The minimum absolute atomic E-state index is 0.160. The van der Waals surface area contributed by atoms with Gasteiger partial charge in [-0.1, -0.05) is 11.6 Å². The fraction of sp³-hybridized carbons (Fsp3) is 0.150. The lowest BCUT2D eigenvalue weighted by atomic mass is 10.3. The van der Waals surface area contributed by atoms with E-state index in [0.717, 1.165) is 27.5 Å². The lowest BCUT2D eigenvalue weighted by Gasteiger charge is -2.08. The van der Waals surface area contributed by atoms with Crippen LogP contribution in [0.15, 0.2) is 64.9 Å². The van der Waals surface area contributed by atoms with Crippen molar-refractivity contribution in [2.45, 2.75) is 18.7 Å². The third-order valence-corrected chi connectivity index (χ3v) is 5.21. The molecule has 0 saturated carbocycles. The Hall–Kier alpha value is -2.57. The Morgan fingerprint density at radius 1 is 1.30 bits per heavy atom. The number of amides is 1. The van der Waals surface area contributed by atoms with E-state index < -0.39 is 0 Å². The first kappa shape index (κ1) is 19.2. The van der Waals surface area contributed by atoms with Crippen molar-refractivity contribution in [3.63, 3.8) is 0 Å². The van der Waals surface area contributed by atoms with Crippen molar-refractivity contribution in [3.8, 4) is 5.69 Å². The maximum atomic E-state index is 12.0. The van der Waals surface area contributed by atoms with Gasteiger partial charge < -0.3 is 4.57 Å². The van der Waals surface area contributed by atoms with E-state index >= 15 is 0 Å². The Bertz CT molecular complexity index is 952. The van der Waals surface area contributed by atoms with Crippen molar-refractivity contribution < 1.29 is 4.79 Å². The fourth-order valence-corrected chi connectivity index (χ4v) is 3.50. The first-order chi connectivity index (χ1) is 13.0. The van der Waals surface area contributed by atoms with Crippen LogP contribution in [0.1, 0.15) is 17.0 Å². The number of benzene rings is 1. The monoisotopic (exact) mass is 398 g/mol. The van der Waals surface area contributed by atoms with Gasteiger partial charge in [0.05, 0.1) is 23.9 Å². The van der Waals surface area contributed by atoms with Crippen LogP contribution in [0.25, 0.3) is 5.69 Å². The van der Waals surface area contributed by atoms with E-state index in [1.54, 1.807) is 24.5 Å². The topological polar surface area (TPSA) is 59.3 Å². The summed E-state index contributed by atoms with van der Waals surface area (Å²) >= 11 is 7.29. The summed E-state index contributed by atoms with van der Waals surface area (Å²) in [6.07, 6.45) is 5.23. The molecule has 0 aliphatic carbocycles. The molecule has 7 heteroatoms. The molecule has 2 heterocycles. The van der Waals surface area contributed by atoms with Crippen molar-refractivity contribution in [3.05, 3.63) is 76.8 Å². The van der Waals surface area contributed by atoms with Crippen LogP contribution in [-0.2, 0) is 4.79 Å². The van der Waals surface area contributed by atoms with Gasteiger partial charge in [0.25, 0.3) is 0 Å². The summed E-state index contributed by atoms with van der Waals surface area (Å²) in [7, 11) is 0. The van der Waals surface area contributed by atoms with Gasteiger partial charge in [-0.25, -0.2) is 5.43 Å². The highest BCUT2D eigenvalue weighted by molar-refractivity contribution is 8.00. The number of pyridine rings is 1. The molecule has 3 aromatic rings. The Balaban J connectivity index is 1.60. The zero-order chi connectivity index (χ0) is 19.2. The first-order valence-corrected chi connectivity index (χ1v) is 9.70. The molecule has 27 heavy (non-hydrogen) atoms. The van der Waals surface area contributed by atoms with E-state index in [4.69, 9.17) is 11.6 Å². The number of hydrogen-bond acceptors (Lipinski definition) is 4. The molecule has 2 aromatic heterocycles. The van der Waals surface area contributed by atoms with Gasteiger partial charge in [-0.05, 0) is 56.3 Å². The molecular formula is C20H19ClN4OS. The molecule has 0 fully saturated rings. The average molecular weight is 399 g/mol. The molecule has 1 amide bonds. The predicted molar refractivity (Wildman–Crippen MR) is 111 cm³/mol. The molecular weight excluding hydrogens is 380 g/mol. The smallest absolute Gasteiger partial charge is 0.250 e. The summed E-state index contributed by atoms with van der Waals surface area (Å²) < 4.78 is 2.10. The minimum atomic E-state index is -0.160. The third-order valence-electron chi connectivity index (χ3n) is 3.95. The van der Waals surface area contributed by atoms with Crippen LogP contribution in [0.4, 0.5) is 0 Å². The quantitative estimate of drug-likeness (QED) is 0.380. The van der Waals surface area contributed by atoms with Gasteiger partial charge in [0, 0.05) is 33.1 Å². The lowest BCUT2D eigenvalue weighted by Crippen LogP contribution is -2.19. The molecule has 5 nitrogen and oxygen atoms in total. The lowest BCUT2D eigenvalue weighted by molar-refractivity contribution is -0.118. The van der Waals surface area contributed by atoms with Crippen LogP contribution in [-0.4, -0.2) is 27.4 Å². The molecule has 0 aliphatic rings. The van der Waals surface area contributed by atoms with E-state index in [-0.39, 0.29) is 11.7 Å². The summed E-state index contributed by atoms with van der Waals surface area (Å²) in [5.74, 6) is 0.125. The third kappa shape index (κ3) is 4.99. The summed E-state index contributed by atoms with van der Waals surface area (Å²) in [6, 6.07) is 13.3. The molecule has 0 spiro atoms. The molecule has 138 valence electrons. The van der Waals surface area contributed by atoms with Gasteiger partial charge in [-0.3, -0.25) is 9.78 Å². The van der Waals surface area contributed by atoms with E-state index in [2.05, 4.69) is 20.1 Å². The number of carbonyl (C=O) groups is 1. The van der Waals surface area contributed by atoms with Gasteiger partial charge in [0.2, 0.25) is 5.91 Å². The molecule has 0 radical (unpaired) electrons. The Morgan fingerprint density at radius 3 is 2.78 bits per heavy atom. The second-order valence-electron chi connectivity index (χ2n) is 5.91. The maximum Gasteiger partial charge on any atom is 0.250 e. The predicted octanol–water partition coefficient (Wildman–Crippen LogP) is 4.38. The Kier molecular flexibility index (Phi) is 6.32. The zero-order valence-electron chi connectivity index (χ0n) is 15.0. The van der Waals surface area contributed by atoms with Crippen molar-refractivity contribution in [2.24, 2.45) is 5.10 Å².